The SMILES string of the molecule is CCn1c(C)nnc1-c1ccncc1.CSc1nnc(-c2ccncc2)n1C1CC1.Cc1nnc(-c2ccncc2)n1C1CC1. The van der Waals surface area contributed by atoms with E-state index < -0.39 is 0 Å². The summed E-state index contributed by atoms with van der Waals surface area (Å²) >= 11 is 1.65. The normalized spacial score (nSPS) is 13.9. The van der Waals surface area contributed by atoms with Crippen LogP contribution >= 0.6 is 11.8 Å². The molecule has 230 valence electrons. The van der Waals surface area contributed by atoms with Gasteiger partial charge in [-0.3, -0.25) is 19.5 Å². The van der Waals surface area contributed by atoms with Gasteiger partial charge in [0.25, 0.3) is 0 Å². The maximum Gasteiger partial charge on any atom is 0.191 e. The molecule has 0 spiro atoms. The number of nitrogens with zero attached hydrogens (tertiary/aromatic N) is 12. The zero-order valence-electron chi connectivity index (χ0n) is 25.9. The molecule has 45 heavy (non-hydrogen) atoms. The van der Waals surface area contributed by atoms with Crippen molar-refractivity contribution in [2.24, 2.45) is 0 Å². The number of aryl methyl sites for hydroxylation is 2. The summed E-state index contributed by atoms with van der Waals surface area (Å²) in [5.41, 5.74) is 3.25. The Kier molecular flexibility index (Phi) is 9.34. The molecule has 0 saturated heterocycles. The smallest absolute Gasteiger partial charge is 0.191 e. The molecule has 2 aliphatic rings. The summed E-state index contributed by atoms with van der Waals surface area (Å²) in [6.07, 6.45) is 17.7. The summed E-state index contributed by atoms with van der Waals surface area (Å²) in [4.78, 5) is 12.0. The highest BCUT2D eigenvalue weighted by atomic mass is 32.2. The Morgan fingerprint density at radius 2 is 1.00 bits per heavy atom. The Bertz CT molecular complexity index is 1810. The van der Waals surface area contributed by atoms with E-state index in [2.05, 4.69) is 66.2 Å². The van der Waals surface area contributed by atoms with Gasteiger partial charge in [0, 0.05) is 72.5 Å². The molecule has 0 atom stereocenters. The average Bonchev–Trinajstić information content (AvgIpc) is 4.01. The average molecular weight is 621 g/mol. The third-order valence-electron chi connectivity index (χ3n) is 7.60. The minimum atomic E-state index is 0.598. The predicted octanol–water partition coefficient (Wildman–Crippen LogP) is 6.05. The van der Waals surface area contributed by atoms with Gasteiger partial charge in [0.2, 0.25) is 0 Å². The number of hydrogen-bond acceptors (Lipinski definition) is 10. The monoisotopic (exact) mass is 620 g/mol. The molecular formula is C32H36N12S. The van der Waals surface area contributed by atoms with Crippen LogP contribution in [-0.2, 0) is 6.54 Å². The number of rotatable bonds is 7. The van der Waals surface area contributed by atoms with Crippen molar-refractivity contribution in [2.75, 3.05) is 6.26 Å². The summed E-state index contributed by atoms with van der Waals surface area (Å²) in [6, 6.07) is 13.0. The standard InChI is InChI=1S/C11H12N4S.C11H12N4.C10H12N4/c1-16-11-14-13-10(15(11)9-2-3-9)8-4-6-12-7-5-8;1-8-13-14-11(15(8)10-2-3-10)9-4-6-12-7-5-9;1-3-14-8(2)12-13-10(14)9-4-6-11-7-5-9/h4-7,9H,2-3H2,1H3;4-7,10H,2-3H2,1H3;4-7H,3H2,1-2H3. The molecule has 0 amide bonds. The lowest BCUT2D eigenvalue weighted by atomic mass is 10.2. The van der Waals surface area contributed by atoms with Crippen molar-refractivity contribution >= 4 is 11.8 Å². The van der Waals surface area contributed by atoms with Crippen LogP contribution in [0.1, 0.15) is 56.3 Å². The lowest BCUT2D eigenvalue weighted by molar-refractivity contribution is 0.670. The first-order valence-corrected chi connectivity index (χ1v) is 16.3. The molecule has 6 heterocycles. The van der Waals surface area contributed by atoms with Gasteiger partial charge in [-0.2, -0.15) is 0 Å². The van der Waals surface area contributed by atoms with E-state index in [1.54, 1.807) is 48.9 Å². The first-order chi connectivity index (χ1) is 22.1. The van der Waals surface area contributed by atoms with Gasteiger partial charge in [0.05, 0.1) is 0 Å². The molecule has 0 unspecified atom stereocenters. The van der Waals surface area contributed by atoms with E-state index >= 15 is 0 Å². The van der Waals surface area contributed by atoms with Crippen molar-refractivity contribution in [3.63, 3.8) is 0 Å². The molecule has 0 radical (unpaired) electrons. The van der Waals surface area contributed by atoms with Crippen LogP contribution in [0.4, 0.5) is 0 Å². The molecule has 2 fully saturated rings. The Hall–Kier alpha value is -4.78. The number of pyridine rings is 3. The van der Waals surface area contributed by atoms with Gasteiger partial charge in [-0.15, -0.1) is 30.6 Å². The van der Waals surface area contributed by atoms with E-state index in [-0.39, 0.29) is 0 Å². The van der Waals surface area contributed by atoms with E-state index in [0.29, 0.717) is 12.1 Å². The number of hydrogen-bond donors (Lipinski definition) is 0. The fraction of sp³-hybridized carbons (Fsp3) is 0.344. The van der Waals surface area contributed by atoms with E-state index in [4.69, 9.17) is 0 Å². The topological polar surface area (TPSA) is 131 Å². The van der Waals surface area contributed by atoms with Crippen molar-refractivity contribution in [2.45, 2.75) is 70.2 Å². The van der Waals surface area contributed by atoms with Gasteiger partial charge >= 0.3 is 0 Å². The molecule has 0 aromatic carbocycles. The Labute approximate surface area is 266 Å². The summed E-state index contributed by atoms with van der Waals surface area (Å²) in [6.45, 7) is 6.94. The van der Waals surface area contributed by atoms with E-state index in [0.717, 1.165) is 57.5 Å². The van der Waals surface area contributed by atoms with Gasteiger partial charge < -0.3 is 9.13 Å². The van der Waals surface area contributed by atoms with Crippen LogP contribution in [0, 0.1) is 13.8 Å². The van der Waals surface area contributed by atoms with Crippen molar-refractivity contribution in [1.29, 1.82) is 0 Å². The van der Waals surface area contributed by atoms with Crippen LogP contribution in [0.5, 0.6) is 0 Å². The molecule has 0 bridgehead atoms. The van der Waals surface area contributed by atoms with Gasteiger partial charge in [0.1, 0.15) is 11.6 Å². The zero-order valence-corrected chi connectivity index (χ0v) is 26.7. The molecule has 6 aromatic heterocycles. The zero-order chi connectivity index (χ0) is 31.2. The maximum atomic E-state index is 4.28. The second kappa shape index (κ2) is 13.9. The fourth-order valence-electron chi connectivity index (χ4n) is 5.09. The molecule has 0 N–H and O–H groups in total. The van der Waals surface area contributed by atoms with Crippen molar-refractivity contribution in [3.8, 4) is 34.2 Å². The third-order valence-corrected chi connectivity index (χ3v) is 8.25. The Morgan fingerprint density at radius 1 is 0.578 bits per heavy atom. The lowest BCUT2D eigenvalue weighted by Crippen LogP contribution is -1.99. The largest absolute Gasteiger partial charge is 0.312 e. The fourth-order valence-corrected chi connectivity index (χ4v) is 5.64. The van der Waals surface area contributed by atoms with Gasteiger partial charge in [-0.25, -0.2) is 0 Å². The lowest BCUT2D eigenvalue weighted by Gasteiger charge is -2.06. The van der Waals surface area contributed by atoms with E-state index in [9.17, 15) is 0 Å². The molecule has 6 aromatic rings. The Morgan fingerprint density at radius 3 is 1.49 bits per heavy atom. The van der Waals surface area contributed by atoms with Crippen LogP contribution in [0.15, 0.2) is 78.7 Å². The highest BCUT2D eigenvalue weighted by molar-refractivity contribution is 7.98. The van der Waals surface area contributed by atoms with Crippen molar-refractivity contribution < 1.29 is 0 Å². The minimum Gasteiger partial charge on any atom is -0.312 e. The van der Waals surface area contributed by atoms with Crippen molar-refractivity contribution in [1.82, 2.24) is 59.2 Å². The molecule has 8 rings (SSSR count). The number of aromatic nitrogens is 12. The van der Waals surface area contributed by atoms with E-state index in [1.807, 2.05) is 56.5 Å². The van der Waals surface area contributed by atoms with Crippen LogP contribution in [0.2, 0.25) is 0 Å². The molecule has 2 aliphatic carbocycles. The first-order valence-electron chi connectivity index (χ1n) is 15.1. The summed E-state index contributed by atoms with van der Waals surface area (Å²) in [5.74, 6) is 4.79. The van der Waals surface area contributed by atoms with Gasteiger partial charge in [-0.1, -0.05) is 11.8 Å². The van der Waals surface area contributed by atoms with Crippen molar-refractivity contribution in [3.05, 3.63) is 85.2 Å². The third kappa shape index (κ3) is 6.98. The Balaban J connectivity index is 0.000000119. The van der Waals surface area contributed by atoms with Gasteiger partial charge in [0.15, 0.2) is 22.6 Å². The first kappa shape index (κ1) is 30.3. The maximum absolute atomic E-state index is 4.28. The molecule has 2 saturated carbocycles. The molecule has 13 heteroatoms. The molecule has 0 aliphatic heterocycles. The molecule has 12 nitrogen and oxygen atoms in total. The van der Waals surface area contributed by atoms with E-state index in [1.165, 1.54) is 25.7 Å². The van der Waals surface area contributed by atoms with Crippen LogP contribution in [-0.4, -0.2) is 65.5 Å². The van der Waals surface area contributed by atoms with Crippen LogP contribution in [0.25, 0.3) is 34.2 Å². The number of thioether (sulfide) groups is 1. The predicted molar refractivity (Wildman–Crippen MR) is 173 cm³/mol. The highest BCUT2D eigenvalue weighted by Gasteiger charge is 2.30. The summed E-state index contributed by atoms with van der Waals surface area (Å²) in [5, 5.41) is 26.1. The highest BCUT2D eigenvalue weighted by Crippen LogP contribution is 2.40. The minimum absolute atomic E-state index is 0.598. The van der Waals surface area contributed by atoms with Gasteiger partial charge in [-0.05, 0) is 89.1 Å². The van der Waals surface area contributed by atoms with Crippen LogP contribution in [0.3, 0.4) is 0 Å². The molecular weight excluding hydrogens is 585 g/mol. The second-order valence-electron chi connectivity index (χ2n) is 10.8. The summed E-state index contributed by atoms with van der Waals surface area (Å²) < 4.78 is 6.56. The quantitative estimate of drug-likeness (QED) is 0.194. The second-order valence-corrected chi connectivity index (χ2v) is 11.6. The van der Waals surface area contributed by atoms with Crippen LogP contribution < -0.4 is 0 Å². The summed E-state index contributed by atoms with van der Waals surface area (Å²) in [7, 11) is 0.